The molecule has 0 saturated carbocycles. The molecule has 0 bridgehead atoms. The number of hydrogen-bond donors (Lipinski definition) is 2. The summed E-state index contributed by atoms with van der Waals surface area (Å²) in [6.45, 7) is 2.08. The van der Waals surface area contributed by atoms with E-state index in [9.17, 15) is 9.59 Å². The van der Waals surface area contributed by atoms with E-state index < -0.39 is 11.6 Å². The molecular weight excluding hydrogens is 300 g/mol. The molecule has 5 nitrogen and oxygen atoms in total. The van der Waals surface area contributed by atoms with Crippen molar-refractivity contribution in [1.29, 1.82) is 0 Å². The lowest BCUT2D eigenvalue weighted by molar-refractivity contribution is -0.117. The Balaban J connectivity index is 2.19. The second-order valence-corrected chi connectivity index (χ2v) is 5.54. The van der Waals surface area contributed by atoms with Crippen LogP contribution in [0.2, 0.25) is 0 Å². The average molecular weight is 313 g/mol. The van der Waals surface area contributed by atoms with Gasteiger partial charge in [-0.15, -0.1) is 0 Å². The van der Waals surface area contributed by atoms with Gasteiger partial charge in [0.15, 0.2) is 0 Å². The number of nitrogens with zero attached hydrogens (tertiary/aromatic N) is 1. The molecule has 1 aliphatic rings. The summed E-state index contributed by atoms with van der Waals surface area (Å²) in [6.07, 6.45) is -0.932. The Labute approximate surface area is 113 Å². The molecule has 1 unspecified atom stereocenters. The fraction of sp³-hybridized carbons (Fsp3) is 0.333. The summed E-state index contributed by atoms with van der Waals surface area (Å²) in [4.78, 5) is 24.2. The highest BCUT2D eigenvalue weighted by Crippen LogP contribution is 2.28. The topological polar surface area (TPSA) is 69.6 Å². The number of carbonyl (C=O) groups is 2. The molecule has 18 heavy (non-hydrogen) atoms. The summed E-state index contributed by atoms with van der Waals surface area (Å²) in [5, 5.41) is 11.2. The van der Waals surface area contributed by atoms with E-state index in [1.54, 1.807) is 11.8 Å². The molecule has 2 amide bonds. The van der Waals surface area contributed by atoms with Crippen LogP contribution in [0.1, 0.15) is 13.3 Å². The van der Waals surface area contributed by atoms with Crippen LogP contribution in [-0.2, 0) is 4.79 Å². The van der Waals surface area contributed by atoms with Crippen molar-refractivity contribution in [3.63, 3.8) is 0 Å². The number of halogens is 1. The molecule has 0 spiro atoms. The number of benzene rings is 1. The molecule has 0 aromatic heterocycles. The third-order valence-corrected chi connectivity index (χ3v) is 3.43. The number of carbonyl (C=O) groups excluding carboxylic acids is 1. The maximum Gasteiger partial charge on any atom is 0.405 e. The number of nitrogens with one attached hydrogen (secondary N) is 1. The Morgan fingerprint density at radius 1 is 1.44 bits per heavy atom. The van der Waals surface area contributed by atoms with Gasteiger partial charge in [-0.05, 0) is 31.2 Å². The predicted molar refractivity (Wildman–Crippen MR) is 70.7 cm³/mol. The molecule has 2 N–H and O–H groups in total. The van der Waals surface area contributed by atoms with Crippen molar-refractivity contribution in [3.8, 4) is 0 Å². The molecule has 1 atom stereocenters. The Morgan fingerprint density at radius 3 is 2.61 bits per heavy atom. The lowest BCUT2D eigenvalue weighted by Crippen LogP contribution is -2.47. The van der Waals surface area contributed by atoms with Crippen molar-refractivity contribution in [2.75, 3.05) is 11.4 Å². The van der Waals surface area contributed by atoms with Crippen LogP contribution < -0.4 is 10.2 Å². The fourth-order valence-electron chi connectivity index (χ4n) is 2.12. The van der Waals surface area contributed by atoms with Gasteiger partial charge in [0.2, 0.25) is 5.91 Å². The zero-order valence-corrected chi connectivity index (χ0v) is 11.4. The van der Waals surface area contributed by atoms with Gasteiger partial charge in [0.05, 0.1) is 12.0 Å². The van der Waals surface area contributed by atoms with Crippen LogP contribution in [-0.4, -0.2) is 29.2 Å². The molecule has 1 fully saturated rings. The van der Waals surface area contributed by atoms with E-state index >= 15 is 0 Å². The summed E-state index contributed by atoms with van der Waals surface area (Å²) in [5.41, 5.74) is 0.0508. The van der Waals surface area contributed by atoms with E-state index in [2.05, 4.69) is 21.2 Å². The molecule has 6 heteroatoms. The number of hydrogen-bond acceptors (Lipinski definition) is 2. The highest BCUT2D eigenvalue weighted by Gasteiger charge is 2.41. The van der Waals surface area contributed by atoms with Crippen molar-refractivity contribution in [2.45, 2.75) is 18.9 Å². The van der Waals surface area contributed by atoms with Gasteiger partial charge in [0, 0.05) is 16.7 Å². The van der Waals surface area contributed by atoms with Gasteiger partial charge in [-0.25, -0.2) is 4.79 Å². The van der Waals surface area contributed by atoms with Crippen LogP contribution in [0.3, 0.4) is 0 Å². The van der Waals surface area contributed by atoms with Crippen LogP contribution in [0.15, 0.2) is 28.7 Å². The minimum absolute atomic E-state index is 0.0754. The number of carboxylic acid groups (broad SMARTS) is 1. The largest absolute Gasteiger partial charge is 0.465 e. The standard InChI is InChI=1S/C12H13BrN2O3/c1-12(14-11(17)18)6-10(16)15(7-12)9-4-2-8(13)3-5-9/h2-5,14H,6-7H2,1H3,(H,17,18). The lowest BCUT2D eigenvalue weighted by atomic mass is 10.0. The smallest absolute Gasteiger partial charge is 0.405 e. The van der Waals surface area contributed by atoms with Crippen molar-refractivity contribution >= 4 is 33.6 Å². The second kappa shape index (κ2) is 4.61. The summed E-state index contributed by atoms with van der Waals surface area (Å²) < 4.78 is 0.935. The average Bonchev–Trinajstić information content (AvgIpc) is 2.54. The first kappa shape index (κ1) is 12.9. The van der Waals surface area contributed by atoms with E-state index in [0.717, 1.165) is 10.2 Å². The van der Waals surface area contributed by atoms with Gasteiger partial charge < -0.3 is 15.3 Å². The minimum Gasteiger partial charge on any atom is -0.465 e. The van der Waals surface area contributed by atoms with Crippen LogP contribution in [0, 0.1) is 0 Å². The van der Waals surface area contributed by atoms with E-state index in [-0.39, 0.29) is 12.3 Å². The van der Waals surface area contributed by atoms with Gasteiger partial charge in [-0.2, -0.15) is 0 Å². The zero-order chi connectivity index (χ0) is 13.3. The van der Waals surface area contributed by atoms with Crippen molar-refractivity contribution < 1.29 is 14.7 Å². The van der Waals surface area contributed by atoms with E-state index in [1.807, 2.05) is 24.3 Å². The van der Waals surface area contributed by atoms with Gasteiger partial charge in [-0.1, -0.05) is 15.9 Å². The second-order valence-electron chi connectivity index (χ2n) is 4.62. The maximum atomic E-state index is 11.9. The molecule has 0 radical (unpaired) electrons. The molecule has 2 rings (SSSR count). The van der Waals surface area contributed by atoms with Crippen molar-refractivity contribution in [2.24, 2.45) is 0 Å². The highest BCUT2D eigenvalue weighted by molar-refractivity contribution is 9.10. The Bertz CT molecular complexity index is 489. The molecule has 0 aliphatic carbocycles. The maximum absolute atomic E-state index is 11.9. The lowest BCUT2D eigenvalue weighted by Gasteiger charge is -2.23. The SMILES string of the molecule is CC1(NC(=O)O)CC(=O)N(c2ccc(Br)cc2)C1. The zero-order valence-electron chi connectivity index (χ0n) is 9.81. The molecule has 1 aromatic carbocycles. The third-order valence-electron chi connectivity index (χ3n) is 2.90. The first-order valence-corrected chi connectivity index (χ1v) is 6.26. The Hall–Kier alpha value is -1.56. The Morgan fingerprint density at radius 2 is 2.06 bits per heavy atom. The number of rotatable bonds is 2. The van der Waals surface area contributed by atoms with Crippen molar-refractivity contribution in [1.82, 2.24) is 5.32 Å². The Kier molecular flexibility index (Phi) is 3.30. The van der Waals surface area contributed by atoms with Gasteiger partial charge in [0.1, 0.15) is 0 Å². The van der Waals surface area contributed by atoms with Crippen LogP contribution >= 0.6 is 15.9 Å². The van der Waals surface area contributed by atoms with Crippen LogP contribution in [0.5, 0.6) is 0 Å². The molecular formula is C12H13BrN2O3. The molecule has 1 aromatic rings. The molecule has 1 heterocycles. The fourth-order valence-corrected chi connectivity index (χ4v) is 2.38. The van der Waals surface area contributed by atoms with Crippen LogP contribution in [0.4, 0.5) is 10.5 Å². The molecule has 1 saturated heterocycles. The summed E-state index contributed by atoms with van der Waals surface area (Å²) in [6, 6.07) is 7.36. The molecule has 96 valence electrons. The number of anilines is 1. The van der Waals surface area contributed by atoms with E-state index in [1.165, 1.54) is 0 Å². The van der Waals surface area contributed by atoms with Crippen LogP contribution in [0.25, 0.3) is 0 Å². The number of amides is 2. The van der Waals surface area contributed by atoms with E-state index in [4.69, 9.17) is 5.11 Å². The summed E-state index contributed by atoms with van der Waals surface area (Å²) in [7, 11) is 0. The summed E-state index contributed by atoms with van der Waals surface area (Å²) in [5.74, 6) is -0.0754. The summed E-state index contributed by atoms with van der Waals surface area (Å²) >= 11 is 3.33. The van der Waals surface area contributed by atoms with Gasteiger partial charge >= 0.3 is 6.09 Å². The molecule has 1 aliphatic heterocycles. The first-order chi connectivity index (χ1) is 8.39. The van der Waals surface area contributed by atoms with Crippen molar-refractivity contribution in [3.05, 3.63) is 28.7 Å². The van der Waals surface area contributed by atoms with Gasteiger partial charge in [0.25, 0.3) is 0 Å². The highest BCUT2D eigenvalue weighted by atomic mass is 79.9. The predicted octanol–water partition coefficient (Wildman–Crippen LogP) is 2.21. The minimum atomic E-state index is -1.11. The monoisotopic (exact) mass is 312 g/mol. The third kappa shape index (κ3) is 2.64. The van der Waals surface area contributed by atoms with E-state index in [0.29, 0.717) is 6.54 Å². The normalized spacial score (nSPS) is 23.2. The first-order valence-electron chi connectivity index (χ1n) is 5.47. The quantitative estimate of drug-likeness (QED) is 0.879. The van der Waals surface area contributed by atoms with Gasteiger partial charge in [-0.3, -0.25) is 4.79 Å².